The highest BCUT2D eigenvalue weighted by Gasteiger charge is 2.16. The molecule has 0 radical (unpaired) electrons. The molecule has 0 aliphatic heterocycles. The lowest BCUT2D eigenvalue weighted by Gasteiger charge is -2.11. The highest BCUT2D eigenvalue weighted by Crippen LogP contribution is 2.18. The van der Waals surface area contributed by atoms with Crippen LogP contribution < -0.4 is 10.6 Å². The number of para-hydroxylation sites is 2. The number of alkyl halides is 2. The predicted octanol–water partition coefficient (Wildman–Crippen LogP) is 3.68. The van der Waals surface area contributed by atoms with Crippen LogP contribution in [0.15, 0.2) is 54.6 Å². The molecule has 2 aromatic carbocycles. The molecule has 2 N–H and O–H groups in total. The molecule has 2 amide bonds. The Balaban J connectivity index is 2.19. The van der Waals surface area contributed by atoms with Crippen LogP contribution in [0.4, 0.5) is 11.4 Å². The maximum Gasteiger partial charge on any atom is 0.257 e. The van der Waals surface area contributed by atoms with Gasteiger partial charge in [-0.05, 0) is 24.3 Å². The minimum atomic E-state index is -1.20. The Labute approximate surface area is 132 Å². The van der Waals surface area contributed by atoms with E-state index in [1.54, 1.807) is 36.4 Å². The SMILES string of the molecule is O=C(Nc1ccccc1)c1ccccc1NC(=O)C(Cl)Cl. The van der Waals surface area contributed by atoms with Crippen LogP contribution in [0.1, 0.15) is 10.4 Å². The van der Waals surface area contributed by atoms with Crippen molar-refractivity contribution in [2.45, 2.75) is 4.84 Å². The van der Waals surface area contributed by atoms with Gasteiger partial charge in [0.05, 0.1) is 11.3 Å². The molecule has 4 nitrogen and oxygen atoms in total. The second-order valence-electron chi connectivity index (χ2n) is 4.16. The standard InChI is InChI=1S/C15H12Cl2N2O2/c16-13(17)15(21)19-12-9-5-4-8-11(12)14(20)18-10-6-2-1-3-7-10/h1-9,13H,(H,18,20)(H,19,21). The average Bonchev–Trinajstić information content (AvgIpc) is 2.48. The zero-order chi connectivity index (χ0) is 15.2. The van der Waals surface area contributed by atoms with Gasteiger partial charge in [-0.2, -0.15) is 0 Å². The lowest BCUT2D eigenvalue weighted by molar-refractivity contribution is -0.114. The zero-order valence-electron chi connectivity index (χ0n) is 10.8. The number of rotatable bonds is 4. The molecule has 108 valence electrons. The van der Waals surface area contributed by atoms with E-state index in [0.29, 0.717) is 16.9 Å². The third kappa shape index (κ3) is 4.21. The molecular formula is C15H12Cl2N2O2. The Morgan fingerprint density at radius 2 is 1.48 bits per heavy atom. The summed E-state index contributed by atoms with van der Waals surface area (Å²) in [7, 11) is 0. The number of anilines is 2. The number of amides is 2. The van der Waals surface area contributed by atoms with E-state index in [4.69, 9.17) is 23.2 Å². The first-order valence-electron chi connectivity index (χ1n) is 6.12. The summed E-state index contributed by atoms with van der Waals surface area (Å²) in [6.45, 7) is 0. The molecule has 0 bridgehead atoms. The minimum Gasteiger partial charge on any atom is -0.323 e. The van der Waals surface area contributed by atoms with Gasteiger partial charge in [0.15, 0.2) is 4.84 Å². The van der Waals surface area contributed by atoms with Gasteiger partial charge in [-0.15, -0.1) is 0 Å². The monoisotopic (exact) mass is 322 g/mol. The van der Waals surface area contributed by atoms with Crippen molar-refractivity contribution in [3.8, 4) is 0 Å². The van der Waals surface area contributed by atoms with Crippen molar-refractivity contribution in [3.63, 3.8) is 0 Å². The van der Waals surface area contributed by atoms with Gasteiger partial charge in [0, 0.05) is 5.69 Å². The summed E-state index contributed by atoms with van der Waals surface area (Å²) in [4.78, 5) is 22.6. The van der Waals surface area contributed by atoms with E-state index in [1.165, 1.54) is 0 Å². The Bertz CT molecular complexity index is 645. The Kier molecular flexibility index (Phi) is 5.20. The zero-order valence-corrected chi connectivity index (χ0v) is 12.4. The van der Waals surface area contributed by atoms with Crippen LogP contribution >= 0.6 is 23.2 Å². The lowest BCUT2D eigenvalue weighted by Crippen LogP contribution is -2.21. The van der Waals surface area contributed by atoms with Gasteiger partial charge in [-0.1, -0.05) is 53.5 Å². The van der Waals surface area contributed by atoms with Gasteiger partial charge >= 0.3 is 0 Å². The number of benzene rings is 2. The van der Waals surface area contributed by atoms with Gasteiger partial charge < -0.3 is 10.6 Å². The van der Waals surface area contributed by atoms with Crippen LogP contribution in [-0.2, 0) is 4.79 Å². The molecule has 0 aromatic heterocycles. The molecule has 2 aromatic rings. The summed E-state index contributed by atoms with van der Waals surface area (Å²) in [5, 5.41) is 5.26. The van der Waals surface area contributed by atoms with Crippen LogP contribution in [0, 0.1) is 0 Å². The van der Waals surface area contributed by atoms with Crippen LogP contribution in [-0.4, -0.2) is 16.7 Å². The maximum atomic E-state index is 12.3. The topological polar surface area (TPSA) is 58.2 Å². The second kappa shape index (κ2) is 7.11. The number of carbonyl (C=O) groups is 2. The van der Waals surface area contributed by atoms with Crippen molar-refractivity contribution in [2.75, 3.05) is 10.6 Å². The Hall–Kier alpha value is -2.04. The van der Waals surface area contributed by atoms with Crippen LogP contribution in [0.2, 0.25) is 0 Å². The first kappa shape index (κ1) is 15.4. The Morgan fingerprint density at radius 3 is 2.14 bits per heavy atom. The molecule has 0 saturated heterocycles. The largest absolute Gasteiger partial charge is 0.323 e. The fraction of sp³-hybridized carbons (Fsp3) is 0.0667. The Morgan fingerprint density at radius 1 is 0.857 bits per heavy atom. The number of carbonyl (C=O) groups excluding carboxylic acids is 2. The molecule has 0 unspecified atom stereocenters. The molecule has 21 heavy (non-hydrogen) atoms. The first-order chi connectivity index (χ1) is 10.1. The molecule has 6 heteroatoms. The van der Waals surface area contributed by atoms with Gasteiger partial charge in [0.1, 0.15) is 0 Å². The molecule has 0 aliphatic rings. The third-order valence-electron chi connectivity index (χ3n) is 2.66. The molecule has 0 atom stereocenters. The number of hydrogen-bond acceptors (Lipinski definition) is 2. The van der Waals surface area contributed by atoms with E-state index in [-0.39, 0.29) is 5.91 Å². The quantitative estimate of drug-likeness (QED) is 0.843. The smallest absolute Gasteiger partial charge is 0.257 e. The van der Waals surface area contributed by atoms with E-state index in [9.17, 15) is 9.59 Å². The van der Waals surface area contributed by atoms with E-state index in [0.717, 1.165) is 0 Å². The molecule has 0 fully saturated rings. The van der Waals surface area contributed by atoms with Gasteiger partial charge in [-0.3, -0.25) is 9.59 Å². The third-order valence-corrected chi connectivity index (χ3v) is 3.06. The number of halogens is 2. The van der Waals surface area contributed by atoms with Crippen LogP contribution in [0.3, 0.4) is 0 Å². The maximum absolute atomic E-state index is 12.3. The molecule has 0 spiro atoms. The molecular weight excluding hydrogens is 311 g/mol. The molecule has 2 rings (SSSR count). The summed E-state index contributed by atoms with van der Waals surface area (Å²) in [6.07, 6.45) is 0. The van der Waals surface area contributed by atoms with Gasteiger partial charge in [-0.25, -0.2) is 0 Å². The predicted molar refractivity (Wildman–Crippen MR) is 85.0 cm³/mol. The van der Waals surface area contributed by atoms with E-state index in [2.05, 4.69) is 10.6 Å². The van der Waals surface area contributed by atoms with E-state index in [1.807, 2.05) is 18.2 Å². The van der Waals surface area contributed by atoms with Gasteiger partial charge in [0.25, 0.3) is 11.8 Å². The number of hydrogen-bond donors (Lipinski definition) is 2. The van der Waals surface area contributed by atoms with Crippen molar-refractivity contribution in [1.29, 1.82) is 0 Å². The molecule has 0 aliphatic carbocycles. The summed E-state index contributed by atoms with van der Waals surface area (Å²) in [5.41, 5.74) is 1.34. The fourth-order valence-electron chi connectivity index (χ4n) is 1.70. The van der Waals surface area contributed by atoms with Crippen LogP contribution in [0.25, 0.3) is 0 Å². The first-order valence-corrected chi connectivity index (χ1v) is 6.99. The van der Waals surface area contributed by atoms with Crippen molar-refractivity contribution in [1.82, 2.24) is 0 Å². The van der Waals surface area contributed by atoms with Gasteiger partial charge in [0.2, 0.25) is 0 Å². The fourth-order valence-corrected chi connectivity index (χ4v) is 1.81. The van der Waals surface area contributed by atoms with Crippen molar-refractivity contribution in [2.24, 2.45) is 0 Å². The summed E-state index contributed by atoms with van der Waals surface area (Å²) in [6, 6.07) is 15.6. The van der Waals surface area contributed by atoms with Crippen molar-refractivity contribution < 1.29 is 9.59 Å². The van der Waals surface area contributed by atoms with Crippen molar-refractivity contribution in [3.05, 3.63) is 60.2 Å². The van der Waals surface area contributed by atoms with E-state index < -0.39 is 10.7 Å². The normalized spacial score (nSPS) is 10.2. The molecule has 0 saturated carbocycles. The second-order valence-corrected chi connectivity index (χ2v) is 5.25. The minimum absolute atomic E-state index is 0.323. The lowest BCUT2D eigenvalue weighted by atomic mass is 10.1. The van der Waals surface area contributed by atoms with Crippen molar-refractivity contribution >= 4 is 46.4 Å². The average molecular weight is 323 g/mol. The highest BCUT2D eigenvalue weighted by atomic mass is 35.5. The summed E-state index contributed by atoms with van der Waals surface area (Å²) in [5.74, 6) is -0.920. The van der Waals surface area contributed by atoms with Crippen LogP contribution in [0.5, 0.6) is 0 Å². The van der Waals surface area contributed by atoms with E-state index >= 15 is 0 Å². The number of nitrogens with one attached hydrogen (secondary N) is 2. The molecule has 0 heterocycles. The summed E-state index contributed by atoms with van der Waals surface area (Å²) < 4.78 is 0. The highest BCUT2D eigenvalue weighted by molar-refractivity contribution is 6.54. The summed E-state index contributed by atoms with van der Waals surface area (Å²) >= 11 is 11.0.